The SMILES string of the molecule is NCCc1c[nH]c2ccc(N)cc12.[N-]=[N+]=Nc1ccc2[nH]cc(CCN)c2c1.[V].[W]. The fourth-order valence-corrected chi connectivity index (χ4v) is 3.20. The molecule has 1 radical (unpaired) electrons. The maximum Gasteiger partial charge on any atom is 0.0458 e. The first-order valence-electron chi connectivity index (χ1n) is 9.07. The van der Waals surface area contributed by atoms with Gasteiger partial charge in [-0.05, 0) is 72.9 Å². The molecule has 0 spiro atoms. The third kappa shape index (κ3) is 6.16. The number of anilines is 1. The number of nitrogens with one attached hydrogen (secondary N) is 2. The molecule has 0 aliphatic carbocycles. The number of fused-ring (bicyclic) bond motifs is 2. The van der Waals surface area contributed by atoms with Crippen molar-refractivity contribution in [1.82, 2.24) is 9.97 Å². The first kappa shape index (κ1) is 25.9. The van der Waals surface area contributed by atoms with Crippen LogP contribution in [0.1, 0.15) is 11.1 Å². The number of nitrogens with zero attached hydrogens (tertiary/aromatic N) is 3. The van der Waals surface area contributed by atoms with Crippen molar-refractivity contribution in [3.8, 4) is 0 Å². The summed E-state index contributed by atoms with van der Waals surface area (Å²) >= 11 is 0. The van der Waals surface area contributed by atoms with E-state index < -0.39 is 0 Å². The molecule has 0 atom stereocenters. The largest absolute Gasteiger partial charge is 0.399 e. The molecule has 0 aliphatic heterocycles. The van der Waals surface area contributed by atoms with Crippen LogP contribution in [0.3, 0.4) is 0 Å². The Labute approximate surface area is 200 Å². The molecule has 0 fully saturated rings. The van der Waals surface area contributed by atoms with E-state index in [-0.39, 0.29) is 39.6 Å². The van der Waals surface area contributed by atoms with Crippen LogP contribution in [0.15, 0.2) is 53.9 Å². The molecule has 0 amide bonds. The summed E-state index contributed by atoms with van der Waals surface area (Å²) in [6.45, 7) is 1.28. The van der Waals surface area contributed by atoms with E-state index in [9.17, 15) is 0 Å². The third-order valence-corrected chi connectivity index (χ3v) is 4.53. The molecule has 8 nitrogen and oxygen atoms in total. The maximum absolute atomic E-state index is 8.35. The predicted octanol–water partition coefficient (Wildman–Crippen LogP) is 3.86. The van der Waals surface area contributed by atoms with Gasteiger partial charge in [0.2, 0.25) is 0 Å². The van der Waals surface area contributed by atoms with Gasteiger partial charge in [0, 0.05) is 90.1 Å². The standard InChI is InChI=1S/C10H11N5.C10H13N3.V.W/c11-4-3-7-6-13-10-2-1-8(14-15-12)5-9(7)10;11-4-3-7-6-13-10-2-1-8(12)5-9(7)10;;/h1-2,5-6,13H,3-4,11H2;1-2,5-6,13H,3-4,11-12H2;;. The number of benzene rings is 2. The Balaban J connectivity index is 0.000000284. The average molecular weight is 611 g/mol. The van der Waals surface area contributed by atoms with E-state index in [1.807, 2.05) is 42.7 Å². The van der Waals surface area contributed by atoms with Crippen LogP contribution in [0.25, 0.3) is 32.2 Å². The Morgan fingerprint density at radius 2 is 1.40 bits per heavy atom. The van der Waals surface area contributed by atoms with Crippen molar-refractivity contribution in [3.63, 3.8) is 0 Å². The van der Waals surface area contributed by atoms with Crippen LogP contribution in [-0.2, 0) is 52.5 Å². The summed E-state index contributed by atoms with van der Waals surface area (Å²) in [5, 5.41) is 5.83. The summed E-state index contributed by atoms with van der Waals surface area (Å²) in [5.74, 6) is 0. The van der Waals surface area contributed by atoms with E-state index >= 15 is 0 Å². The number of hydrogen-bond acceptors (Lipinski definition) is 4. The molecule has 0 saturated heterocycles. The van der Waals surface area contributed by atoms with Crippen molar-refractivity contribution in [1.29, 1.82) is 0 Å². The van der Waals surface area contributed by atoms with Gasteiger partial charge in [0.1, 0.15) is 0 Å². The molecule has 8 N–H and O–H groups in total. The molecule has 2 aromatic heterocycles. The Morgan fingerprint density at radius 1 is 0.867 bits per heavy atom. The molecule has 2 heterocycles. The zero-order chi connectivity index (χ0) is 19.9. The molecule has 2 aromatic carbocycles. The molecule has 155 valence electrons. The molecule has 0 unspecified atom stereocenters. The van der Waals surface area contributed by atoms with Gasteiger partial charge in [-0.2, -0.15) is 0 Å². The Bertz CT molecular complexity index is 1130. The fraction of sp³-hybridized carbons (Fsp3) is 0.200. The molecule has 0 bridgehead atoms. The minimum Gasteiger partial charge on any atom is -0.399 e. The van der Waals surface area contributed by atoms with Crippen LogP contribution >= 0.6 is 0 Å². The van der Waals surface area contributed by atoms with E-state index in [0.717, 1.165) is 40.5 Å². The number of azide groups is 1. The number of rotatable bonds is 5. The minimum atomic E-state index is 0. The monoisotopic (exact) mass is 611 g/mol. The normalized spacial score (nSPS) is 9.80. The second kappa shape index (κ2) is 12.5. The zero-order valence-electron chi connectivity index (χ0n) is 16.4. The summed E-state index contributed by atoms with van der Waals surface area (Å²) in [6, 6.07) is 11.4. The maximum atomic E-state index is 8.35. The van der Waals surface area contributed by atoms with Crippen LogP contribution in [0.4, 0.5) is 11.4 Å². The summed E-state index contributed by atoms with van der Waals surface area (Å²) in [7, 11) is 0. The molecule has 4 aromatic rings. The van der Waals surface area contributed by atoms with Crippen molar-refractivity contribution < 1.29 is 39.6 Å². The quantitative estimate of drug-likeness (QED) is 0.101. The molecule has 10 heteroatoms. The van der Waals surface area contributed by atoms with Gasteiger partial charge in [-0.1, -0.05) is 11.2 Å². The van der Waals surface area contributed by atoms with Gasteiger partial charge < -0.3 is 27.2 Å². The van der Waals surface area contributed by atoms with Crippen molar-refractivity contribution in [2.24, 2.45) is 16.6 Å². The van der Waals surface area contributed by atoms with Gasteiger partial charge in [-0.15, -0.1) is 0 Å². The number of hydrogen-bond donors (Lipinski definition) is 5. The van der Waals surface area contributed by atoms with E-state index in [1.165, 1.54) is 10.9 Å². The molecular formula is C20H24N8VW. The first-order valence-corrected chi connectivity index (χ1v) is 9.07. The summed E-state index contributed by atoms with van der Waals surface area (Å²) in [4.78, 5) is 9.10. The van der Waals surface area contributed by atoms with E-state index in [2.05, 4.69) is 20.0 Å². The molecule has 0 aliphatic rings. The predicted molar refractivity (Wildman–Crippen MR) is 115 cm³/mol. The smallest absolute Gasteiger partial charge is 0.0458 e. The molecular weight excluding hydrogens is 587 g/mol. The number of aromatic nitrogens is 2. The summed E-state index contributed by atoms with van der Waals surface area (Å²) < 4.78 is 0. The van der Waals surface area contributed by atoms with Gasteiger partial charge in [0.05, 0.1) is 0 Å². The first-order chi connectivity index (χ1) is 13.7. The second-order valence-corrected chi connectivity index (χ2v) is 6.43. The minimum absolute atomic E-state index is 0. The number of nitrogens with two attached hydrogens (primary N) is 3. The molecule has 4 rings (SSSR count). The number of aromatic amines is 2. The molecule has 30 heavy (non-hydrogen) atoms. The molecule has 0 saturated carbocycles. The van der Waals surface area contributed by atoms with Crippen molar-refractivity contribution in [3.05, 3.63) is 70.4 Å². The second-order valence-electron chi connectivity index (χ2n) is 6.43. The van der Waals surface area contributed by atoms with Gasteiger partial charge in [0.15, 0.2) is 0 Å². The Kier molecular flexibility index (Phi) is 10.8. The summed E-state index contributed by atoms with van der Waals surface area (Å²) in [5.41, 5.74) is 31.0. The van der Waals surface area contributed by atoms with Crippen LogP contribution in [0, 0.1) is 0 Å². The van der Waals surface area contributed by atoms with Gasteiger partial charge in [-0.25, -0.2) is 0 Å². The summed E-state index contributed by atoms with van der Waals surface area (Å²) in [6.07, 6.45) is 5.65. The van der Waals surface area contributed by atoms with Crippen LogP contribution in [0.5, 0.6) is 0 Å². The number of nitrogen functional groups attached to an aromatic ring is 1. The topological polar surface area (TPSA) is 158 Å². The third-order valence-electron chi connectivity index (χ3n) is 4.53. The van der Waals surface area contributed by atoms with Crippen molar-refractivity contribution in [2.45, 2.75) is 12.8 Å². The van der Waals surface area contributed by atoms with Crippen molar-refractivity contribution >= 4 is 33.2 Å². The number of H-pyrrole nitrogens is 2. The zero-order valence-corrected chi connectivity index (χ0v) is 20.7. The Hall–Kier alpha value is -2.18. The van der Waals surface area contributed by atoms with Gasteiger partial charge >= 0.3 is 0 Å². The van der Waals surface area contributed by atoms with Gasteiger partial charge in [-0.3, -0.25) is 0 Å². The van der Waals surface area contributed by atoms with E-state index in [4.69, 9.17) is 22.7 Å². The van der Waals surface area contributed by atoms with Crippen molar-refractivity contribution in [2.75, 3.05) is 18.8 Å². The Morgan fingerprint density at radius 3 is 1.93 bits per heavy atom. The van der Waals surface area contributed by atoms with Crippen LogP contribution in [0.2, 0.25) is 0 Å². The van der Waals surface area contributed by atoms with E-state index in [1.54, 1.807) is 6.07 Å². The average Bonchev–Trinajstić information content (AvgIpc) is 3.27. The van der Waals surface area contributed by atoms with Gasteiger partial charge in [0.25, 0.3) is 0 Å². The fourth-order valence-electron chi connectivity index (χ4n) is 3.20. The van der Waals surface area contributed by atoms with Crippen LogP contribution < -0.4 is 17.2 Å². The van der Waals surface area contributed by atoms with E-state index in [0.29, 0.717) is 18.8 Å². The van der Waals surface area contributed by atoms with Crippen LogP contribution in [-0.4, -0.2) is 23.1 Å².